The van der Waals surface area contributed by atoms with Gasteiger partial charge in [0, 0.05) is 10.7 Å². The molecule has 0 nitrogen and oxygen atoms in total. The van der Waals surface area contributed by atoms with Crippen molar-refractivity contribution in [3.63, 3.8) is 0 Å². The predicted octanol–water partition coefficient (Wildman–Crippen LogP) is 4.56. The largest absolute Gasteiger partial charge is 0.122 e. The Morgan fingerprint density at radius 1 is 1.50 bits per heavy atom. The first kappa shape index (κ1) is 13.2. The van der Waals surface area contributed by atoms with Gasteiger partial charge in [-0.1, -0.05) is 35.9 Å². The Kier molecular flexibility index (Phi) is 4.65. The highest BCUT2D eigenvalue weighted by molar-refractivity contribution is 9.09. The minimum Gasteiger partial charge on any atom is -0.122 e. The van der Waals surface area contributed by atoms with Crippen LogP contribution in [0.2, 0.25) is 0 Å². The minimum absolute atomic E-state index is 0.00801. The second-order valence-corrected chi connectivity index (χ2v) is 6.59. The molecule has 1 fully saturated rings. The monoisotopic (exact) mass is 318 g/mol. The molecule has 3 atom stereocenters. The molecule has 1 saturated carbocycles. The molecular weight excluding hydrogens is 306 g/mol. The summed E-state index contributed by atoms with van der Waals surface area (Å²) in [6, 6.07) is 0. The van der Waals surface area contributed by atoms with E-state index in [-0.39, 0.29) is 16.2 Å². The molecule has 0 radical (unpaired) electrons. The smallest absolute Gasteiger partial charge is 0.0621 e. The van der Waals surface area contributed by atoms with Crippen molar-refractivity contribution in [1.82, 2.24) is 0 Å². The molecule has 0 aromatic carbocycles. The van der Waals surface area contributed by atoms with Crippen LogP contribution >= 0.6 is 50.7 Å². The summed E-state index contributed by atoms with van der Waals surface area (Å²) in [5.41, 5.74) is 1.09. The van der Waals surface area contributed by atoms with Crippen molar-refractivity contribution in [1.29, 1.82) is 0 Å². The summed E-state index contributed by atoms with van der Waals surface area (Å²) in [6.07, 6.45) is 2.85. The summed E-state index contributed by atoms with van der Waals surface area (Å²) in [5, 5.41) is -0.0319. The van der Waals surface area contributed by atoms with Crippen LogP contribution in [0.15, 0.2) is 11.6 Å². The molecule has 82 valence electrons. The standard InChI is InChI=1S/C10H14BrCl3/c1-10(2)8(11)5-7(13)6(3-4-12)9(10)14/h3,7-9H,4-5H2,1-2H3/b6-3+/t7-,8-,9-/m0/s1. The van der Waals surface area contributed by atoms with Crippen LogP contribution in [0, 0.1) is 5.41 Å². The number of allylic oxidation sites excluding steroid dienone is 2. The molecule has 14 heavy (non-hydrogen) atoms. The lowest BCUT2D eigenvalue weighted by molar-refractivity contribution is 0.315. The zero-order valence-electron chi connectivity index (χ0n) is 8.24. The highest BCUT2D eigenvalue weighted by atomic mass is 79.9. The maximum absolute atomic E-state index is 6.40. The zero-order valence-corrected chi connectivity index (χ0v) is 12.1. The lowest BCUT2D eigenvalue weighted by atomic mass is 9.74. The molecule has 0 N–H and O–H groups in total. The third-order valence-corrected chi connectivity index (χ3v) is 5.79. The number of rotatable bonds is 1. The Morgan fingerprint density at radius 3 is 2.57 bits per heavy atom. The SMILES string of the molecule is CC1(C)[C@@H](Br)C[C@H](Cl)/C(=C\CCl)[C@@H]1Cl. The van der Waals surface area contributed by atoms with Crippen molar-refractivity contribution in [2.24, 2.45) is 5.41 Å². The summed E-state index contributed by atoms with van der Waals surface area (Å²) in [5.74, 6) is 0.477. The van der Waals surface area contributed by atoms with Gasteiger partial charge in [0.25, 0.3) is 0 Å². The molecular formula is C10H14BrCl3. The second-order valence-electron chi connectivity index (χ2n) is 4.21. The van der Waals surface area contributed by atoms with Crippen LogP contribution in [0.5, 0.6) is 0 Å². The number of halogens is 4. The van der Waals surface area contributed by atoms with E-state index >= 15 is 0 Å². The van der Waals surface area contributed by atoms with E-state index in [0.717, 1.165) is 12.0 Å². The first-order valence-corrected chi connectivity index (χ1v) is 6.91. The van der Waals surface area contributed by atoms with E-state index < -0.39 is 0 Å². The van der Waals surface area contributed by atoms with E-state index in [0.29, 0.717) is 10.7 Å². The summed E-state index contributed by atoms with van der Waals surface area (Å²) in [6.45, 7) is 4.30. The van der Waals surface area contributed by atoms with E-state index in [1.165, 1.54) is 0 Å². The normalized spacial score (nSPS) is 40.1. The molecule has 0 aliphatic heterocycles. The highest BCUT2D eigenvalue weighted by Gasteiger charge is 2.44. The molecule has 0 spiro atoms. The maximum atomic E-state index is 6.40. The third kappa shape index (κ3) is 2.42. The summed E-state index contributed by atoms with van der Waals surface area (Å²) >= 11 is 22.0. The third-order valence-electron chi connectivity index (χ3n) is 2.84. The Bertz CT molecular complexity index is 238. The Hall–Kier alpha value is 1.09. The molecule has 0 bridgehead atoms. The van der Waals surface area contributed by atoms with Crippen molar-refractivity contribution in [3.8, 4) is 0 Å². The van der Waals surface area contributed by atoms with E-state index in [1.807, 2.05) is 6.08 Å². The van der Waals surface area contributed by atoms with Crippen LogP contribution in [-0.2, 0) is 0 Å². The van der Waals surface area contributed by atoms with E-state index in [4.69, 9.17) is 34.8 Å². The van der Waals surface area contributed by atoms with Crippen LogP contribution in [0.3, 0.4) is 0 Å². The molecule has 0 amide bonds. The van der Waals surface area contributed by atoms with E-state index in [1.54, 1.807) is 0 Å². The van der Waals surface area contributed by atoms with E-state index in [2.05, 4.69) is 29.8 Å². The Morgan fingerprint density at radius 2 is 2.07 bits per heavy atom. The fraction of sp³-hybridized carbons (Fsp3) is 0.800. The summed E-state index contributed by atoms with van der Waals surface area (Å²) in [7, 11) is 0. The van der Waals surface area contributed by atoms with Crippen LogP contribution in [-0.4, -0.2) is 21.5 Å². The average Bonchev–Trinajstić information content (AvgIpc) is 2.10. The maximum Gasteiger partial charge on any atom is 0.0621 e. The molecule has 1 aliphatic rings. The van der Waals surface area contributed by atoms with E-state index in [9.17, 15) is 0 Å². The molecule has 4 heteroatoms. The van der Waals surface area contributed by atoms with Gasteiger partial charge in [-0.25, -0.2) is 0 Å². The number of hydrogen-bond donors (Lipinski definition) is 0. The molecule has 1 aliphatic carbocycles. The number of hydrogen-bond acceptors (Lipinski definition) is 0. The fourth-order valence-electron chi connectivity index (χ4n) is 1.69. The lowest BCUT2D eigenvalue weighted by Crippen LogP contribution is -2.43. The minimum atomic E-state index is -0.0399. The second kappa shape index (κ2) is 4.95. The van der Waals surface area contributed by atoms with Gasteiger partial charge in [0.15, 0.2) is 0 Å². The van der Waals surface area contributed by atoms with Gasteiger partial charge >= 0.3 is 0 Å². The van der Waals surface area contributed by atoms with Gasteiger partial charge in [-0.15, -0.1) is 34.8 Å². The Balaban J connectivity index is 2.95. The van der Waals surface area contributed by atoms with Crippen molar-refractivity contribution < 1.29 is 0 Å². The first-order chi connectivity index (χ1) is 6.41. The molecule has 0 saturated heterocycles. The quantitative estimate of drug-likeness (QED) is 0.491. The van der Waals surface area contributed by atoms with Gasteiger partial charge in [0.2, 0.25) is 0 Å². The average molecular weight is 320 g/mol. The summed E-state index contributed by atoms with van der Waals surface area (Å²) in [4.78, 5) is 0.354. The van der Waals surface area contributed by atoms with Gasteiger partial charge in [-0.05, 0) is 17.4 Å². The van der Waals surface area contributed by atoms with Crippen LogP contribution in [0.25, 0.3) is 0 Å². The molecule has 0 heterocycles. The molecule has 1 rings (SSSR count). The molecule has 0 aromatic rings. The van der Waals surface area contributed by atoms with Crippen molar-refractivity contribution in [2.45, 2.75) is 35.8 Å². The first-order valence-electron chi connectivity index (χ1n) is 4.59. The molecule has 0 unspecified atom stereocenters. The fourth-order valence-corrected chi connectivity index (χ4v) is 3.72. The van der Waals surface area contributed by atoms with Crippen molar-refractivity contribution in [2.75, 3.05) is 5.88 Å². The topological polar surface area (TPSA) is 0 Å². The zero-order chi connectivity index (χ0) is 10.9. The highest BCUT2D eigenvalue weighted by Crippen LogP contribution is 2.47. The van der Waals surface area contributed by atoms with Gasteiger partial charge in [-0.2, -0.15) is 0 Å². The van der Waals surface area contributed by atoms with Gasteiger partial charge < -0.3 is 0 Å². The van der Waals surface area contributed by atoms with Crippen LogP contribution in [0.4, 0.5) is 0 Å². The molecule has 0 aromatic heterocycles. The van der Waals surface area contributed by atoms with Crippen LogP contribution in [0.1, 0.15) is 20.3 Å². The van der Waals surface area contributed by atoms with Crippen molar-refractivity contribution in [3.05, 3.63) is 11.6 Å². The van der Waals surface area contributed by atoms with Crippen molar-refractivity contribution >= 4 is 50.7 Å². The lowest BCUT2D eigenvalue weighted by Gasteiger charge is -2.43. The number of alkyl halides is 4. The van der Waals surface area contributed by atoms with Gasteiger partial charge in [-0.3, -0.25) is 0 Å². The summed E-state index contributed by atoms with van der Waals surface area (Å²) < 4.78 is 0. The van der Waals surface area contributed by atoms with Gasteiger partial charge in [0.05, 0.1) is 10.8 Å². The van der Waals surface area contributed by atoms with Gasteiger partial charge in [0.1, 0.15) is 0 Å². The Labute approximate surface area is 109 Å². The van der Waals surface area contributed by atoms with Crippen LogP contribution < -0.4 is 0 Å². The predicted molar refractivity (Wildman–Crippen MR) is 69.2 cm³/mol.